The topological polar surface area (TPSA) is 85.2 Å². The number of ether oxygens (including phenoxy) is 1. The molecule has 0 saturated carbocycles. The molecule has 0 unspecified atom stereocenters. The van der Waals surface area contributed by atoms with Crippen molar-refractivity contribution in [3.05, 3.63) is 55.7 Å². The molecule has 3 aromatic rings. The van der Waals surface area contributed by atoms with Gasteiger partial charge in [0, 0.05) is 25.2 Å². The van der Waals surface area contributed by atoms with Crippen LogP contribution in [0.25, 0.3) is 11.2 Å². The van der Waals surface area contributed by atoms with E-state index >= 15 is 0 Å². The Labute approximate surface area is 153 Å². The third-order valence-corrected chi connectivity index (χ3v) is 4.94. The fourth-order valence-corrected chi connectivity index (χ4v) is 3.37. The highest BCUT2D eigenvalue weighted by Crippen LogP contribution is 2.24. The summed E-state index contributed by atoms with van der Waals surface area (Å²) in [6.45, 7) is 2.88. The van der Waals surface area contributed by atoms with Gasteiger partial charge in [-0.3, -0.25) is 18.9 Å². The molecule has 26 heavy (non-hydrogen) atoms. The molecule has 9 heteroatoms. The van der Waals surface area contributed by atoms with Crippen molar-refractivity contribution >= 4 is 28.7 Å². The van der Waals surface area contributed by atoms with Crippen molar-refractivity contribution in [2.24, 2.45) is 7.05 Å². The van der Waals surface area contributed by atoms with Gasteiger partial charge in [-0.1, -0.05) is 29.8 Å². The number of halogens is 1. The third kappa shape index (κ3) is 2.81. The number of hydrogen-bond donors (Lipinski definition) is 1. The number of nitrogens with one attached hydrogen (secondary N) is 1. The first-order chi connectivity index (χ1) is 12.6. The number of fused-ring (bicyclic) bond motifs is 1. The Hall–Kier alpha value is -2.58. The fourth-order valence-electron chi connectivity index (χ4n) is 3.17. The summed E-state index contributed by atoms with van der Waals surface area (Å²) in [5.41, 5.74) is 0.637. The second-order valence-electron chi connectivity index (χ2n) is 6.18. The van der Waals surface area contributed by atoms with Crippen LogP contribution in [0.5, 0.6) is 0 Å². The van der Waals surface area contributed by atoms with Crippen molar-refractivity contribution < 1.29 is 4.74 Å². The van der Waals surface area contributed by atoms with E-state index in [1.165, 1.54) is 4.57 Å². The lowest BCUT2D eigenvalue weighted by molar-refractivity contribution is 0.121. The van der Waals surface area contributed by atoms with Gasteiger partial charge in [0.1, 0.15) is 0 Å². The van der Waals surface area contributed by atoms with Crippen molar-refractivity contribution in [3.63, 3.8) is 0 Å². The smallest absolute Gasteiger partial charge is 0.329 e. The molecule has 1 aliphatic heterocycles. The molecule has 1 aliphatic rings. The van der Waals surface area contributed by atoms with Crippen LogP contribution in [0.15, 0.2) is 33.9 Å². The van der Waals surface area contributed by atoms with E-state index in [9.17, 15) is 9.59 Å². The molecule has 0 atom stereocenters. The molecule has 0 aliphatic carbocycles. The van der Waals surface area contributed by atoms with E-state index in [1.54, 1.807) is 7.05 Å². The predicted molar refractivity (Wildman–Crippen MR) is 99.2 cm³/mol. The Morgan fingerprint density at radius 1 is 1.23 bits per heavy atom. The molecule has 0 amide bonds. The zero-order valence-electron chi connectivity index (χ0n) is 14.2. The van der Waals surface area contributed by atoms with Gasteiger partial charge in [-0.05, 0) is 11.6 Å². The summed E-state index contributed by atoms with van der Waals surface area (Å²) in [7, 11) is 1.59. The minimum atomic E-state index is -0.488. The Bertz CT molecular complexity index is 1080. The SMILES string of the molecule is Cn1c(=O)[nH]c(=O)c2c1nc(N1CCOCC1)n2Cc1ccccc1Cl. The number of hydrogen-bond acceptors (Lipinski definition) is 5. The minimum Gasteiger partial charge on any atom is -0.378 e. The van der Waals surface area contributed by atoms with Crippen LogP contribution < -0.4 is 16.1 Å². The molecule has 136 valence electrons. The maximum atomic E-state index is 12.5. The summed E-state index contributed by atoms with van der Waals surface area (Å²) >= 11 is 6.32. The molecule has 0 radical (unpaired) electrons. The highest BCUT2D eigenvalue weighted by Gasteiger charge is 2.23. The van der Waals surface area contributed by atoms with Gasteiger partial charge >= 0.3 is 5.69 Å². The van der Waals surface area contributed by atoms with Gasteiger partial charge in [0.05, 0.1) is 19.8 Å². The lowest BCUT2D eigenvalue weighted by Crippen LogP contribution is -2.38. The van der Waals surface area contributed by atoms with Gasteiger partial charge in [-0.15, -0.1) is 0 Å². The van der Waals surface area contributed by atoms with Crippen LogP contribution >= 0.6 is 11.6 Å². The average Bonchev–Trinajstić information content (AvgIpc) is 3.02. The van der Waals surface area contributed by atoms with E-state index in [0.717, 1.165) is 5.56 Å². The molecule has 3 heterocycles. The number of aryl methyl sites for hydroxylation is 1. The number of H-pyrrole nitrogens is 1. The molecule has 1 N–H and O–H groups in total. The first-order valence-corrected chi connectivity index (χ1v) is 8.69. The molecule has 1 fully saturated rings. The van der Waals surface area contributed by atoms with Crippen molar-refractivity contribution in [2.45, 2.75) is 6.54 Å². The van der Waals surface area contributed by atoms with Crippen LogP contribution in [0.4, 0.5) is 5.95 Å². The van der Waals surface area contributed by atoms with Crippen molar-refractivity contribution in [3.8, 4) is 0 Å². The second-order valence-corrected chi connectivity index (χ2v) is 6.59. The zero-order chi connectivity index (χ0) is 18.3. The Morgan fingerprint density at radius 3 is 2.69 bits per heavy atom. The molecule has 2 aromatic heterocycles. The maximum absolute atomic E-state index is 12.5. The first-order valence-electron chi connectivity index (χ1n) is 8.32. The number of morpholine rings is 1. The number of rotatable bonds is 3. The third-order valence-electron chi connectivity index (χ3n) is 4.57. The van der Waals surface area contributed by atoms with Crippen molar-refractivity contribution in [1.29, 1.82) is 0 Å². The zero-order valence-corrected chi connectivity index (χ0v) is 15.0. The quantitative estimate of drug-likeness (QED) is 0.737. The minimum absolute atomic E-state index is 0.354. The molecule has 0 spiro atoms. The van der Waals surface area contributed by atoms with Gasteiger partial charge in [0.25, 0.3) is 5.56 Å². The van der Waals surface area contributed by atoms with E-state index in [1.807, 2.05) is 28.8 Å². The van der Waals surface area contributed by atoms with E-state index < -0.39 is 11.2 Å². The normalized spacial score (nSPS) is 14.9. The van der Waals surface area contributed by atoms with E-state index in [-0.39, 0.29) is 0 Å². The summed E-state index contributed by atoms with van der Waals surface area (Å²) in [6.07, 6.45) is 0. The van der Waals surface area contributed by atoms with E-state index in [4.69, 9.17) is 16.3 Å². The van der Waals surface area contributed by atoms with Crippen LogP contribution in [0.1, 0.15) is 5.56 Å². The standard InChI is InChI=1S/C17H18ClN5O3/c1-21-14-13(15(24)20-17(21)25)23(10-11-4-2-3-5-12(11)18)16(19-14)22-6-8-26-9-7-22/h2-5H,6-10H2,1H3,(H,20,24,25). The summed E-state index contributed by atoms with van der Waals surface area (Å²) in [5, 5.41) is 0.614. The summed E-state index contributed by atoms with van der Waals surface area (Å²) < 4.78 is 8.59. The van der Waals surface area contributed by atoms with Gasteiger partial charge in [0.15, 0.2) is 11.2 Å². The predicted octanol–water partition coefficient (Wildman–Crippen LogP) is 0.962. The lowest BCUT2D eigenvalue weighted by Gasteiger charge is -2.28. The van der Waals surface area contributed by atoms with Gasteiger partial charge in [0.2, 0.25) is 5.95 Å². The van der Waals surface area contributed by atoms with Gasteiger partial charge < -0.3 is 9.64 Å². The maximum Gasteiger partial charge on any atom is 0.329 e. The number of anilines is 1. The molecule has 8 nitrogen and oxygen atoms in total. The Balaban J connectivity index is 1.95. The monoisotopic (exact) mass is 375 g/mol. The molecule has 0 bridgehead atoms. The van der Waals surface area contributed by atoms with Crippen LogP contribution in [-0.2, 0) is 18.3 Å². The number of benzene rings is 1. The molecular formula is C17H18ClN5O3. The van der Waals surface area contributed by atoms with Crippen LogP contribution in [0.2, 0.25) is 5.02 Å². The number of aromatic amines is 1. The van der Waals surface area contributed by atoms with Crippen LogP contribution in [0, 0.1) is 0 Å². The largest absolute Gasteiger partial charge is 0.378 e. The van der Waals surface area contributed by atoms with Crippen molar-refractivity contribution in [1.82, 2.24) is 19.1 Å². The average molecular weight is 376 g/mol. The Morgan fingerprint density at radius 2 is 1.96 bits per heavy atom. The number of imidazole rings is 1. The molecule has 1 aromatic carbocycles. The Kier molecular flexibility index (Phi) is 4.29. The highest BCUT2D eigenvalue weighted by atomic mass is 35.5. The fraction of sp³-hybridized carbons (Fsp3) is 0.353. The van der Waals surface area contributed by atoms with E-state index in [2.05, 4.69) is 14.9 Å². The second kappa shape index (κ2) is 6.62. The molecule has 4 rings (SSSR count). The summed E-state index contributed by atoms with van der Waals surface area (Å²) in [6, 6.07) is 7.48. The van der Waals surface area contributed by atoms with Gasteiger partial charge in [-0.25, -0.2) is 4.79 Å². The van der Waals surface area contributed by atoms with Crippen molar-refractivity contribution in [2.75, 3.05) is 31.2 Å². The van der Waals surface area contributed by atoms with Crippen LogP contribution in [0.3, 0.4) is 0 Å². The number of nitrogens with zero attached hydrogens (tertiary/aromatic N) is 4. The lowest BCUT2D eigenvalue weighted by atomic mass is 10.2. The summed E-state index contributed by atoms with van der Waals surface area (Å²) in [5.74, 6) is 0.634. The summed E-state index contributed by atoms with van der Waals surface area (Å²) in [4.78, 5) is 33.5. The van der Waals surface area contributed by atoms with E-state index in [0.29, 0.717) is 55.0 Å². The van der Waals surface area contributed by atoms with Crippen LogP contribution in [-0.4, -0.2) is 45.4 Å². The van der Waals surface area contributed by atoms with Gasteiger partial charge in [-0.2, -0.15) is 4.98 Å². The number of aromatic nitrogens is 4. The molecular weight excluding hydrogens is 358 g/mol. The highest BCUT2D eigenvalue weighted by molar-refractivity contribution is 6.31. The molecule has 1 saturated heterocycles. The first kappa shape index (κ1) is 16.9.